The maximum Gasteiger partial charge on any atom is 0.230 e. The van der Waals surface area contributed by atoms with Crippen molar-refractivity contribution >= 4 is 19.5 Å². The standard InChI is InChI=1S/C16H23N3O2Si/c1-22(2,3)9-8-21-11-12-10-18-16(19-12)15(20)13-6-4-5-7-14(13)17/h4-7,10H,8-9,11,17H2,1-3H3,(H,18,19). The number of carbonyl (C=O) groups is 1. The number of anilines is 1. The van der Waals surface area contributed by atoms with Gasteiger partial charge in [0.1, 0.15) is 0 Å². The van der Waals surface area contributed by atoms with Gasteiger partial charge in [-0.25, -0.2) is 4.98 Å². The lowest BCUT2D eigenvalue weighted by Crippen LogP contribution is -2.21. The summed E-state index contributed by atoms with van der Waals surface area (Å²) in [4.78, 5) is 19.5. The van der Waals surface area contributed by atoms with Gasteiger partial charge in [0, 0.05) is 25.9 Å². The van der Waals surface area contributed by atoms with Gasteiger partial charge in [0.25, 0.3) is 0 Å². The van der Waals surface area contributed by atoms with Crippen LogP contribution >= 0.6 is 0 Å². The summed E-state index contributed by atoms with van der Waals surface area (Å²) in [5.74, 6) is 0.0909. The summed E-state index contributed by atoms with van der Waals surface area (Å²) in [7, 11) is -1.08. The highest BCUT2D eigenvalue weighted by Crippen LogP contribution is 2.15. The Morgan fingerprint density at radius 3 is 2.73 bits per heavy atom. The molecule has 118 valence electrons. The molecule has 0 aliphatic carbocycles. The van der Waals surface area contributed by atoms with Crippen molar-refractivity contribution in [3.8, 4) is 0 Å². The molecule has 6 heteroatoms. The van der Waals surface area contributed by atoms with Crippen LogP contribution in [-0.4, -0.2) is 30.4 Å². The summed E-state index contributed by atoms with van der Waals surface area (Å²) in [6.07, 6.45) is 1.64. The Morgan fingerprint density at radius 2 is 2.05 bits per heavy atom. The normalized spacial score (nSPS) is 11.6. The van der Waals surface area contributed by atoms with Crippen LogP contribution in [-0.2, 0) is 11.3 Å². The zero-order chi connectivity index (χ0) is 16.2. The average molecular weight is 317 g/mol. The van der Waals surface area contributed by atoms with Crippen LogP contribution in [0.2, 0.25) is 25.7 Å². The third-order valence-corrected chi connectivity index (χ3v) is 5.01. The average Bonchev–Trinajstić information content (AvgIpc) is 2.91. The number of nitrogen functional groups attached to an aromatic ring is 1. The van der Waals surface area contributed by atoms with E-state index in [4.69, 9.17) is 10.5 Å². The number of ketones is 1. The van der Waals surface area contributed by atoms with Crippen LogP contribution < -0.4 is 5.73 Å². The number of aromatic nitrogens is 2. The number of imidazole rings is 1. The highest BCUT2D eigenvalue weighted by atomic mass is 28.3. The molecule has 0 atom stereocenters. The van der Waals surface area contributed by atoms with E-state index in [0.29, 0.717) is 23.7 Å². The van der Waals surface area contributed by atoms with E-state index in [0.717, 1.165) is 18.3 Å². The smallest absolute Gasteiger partial charge is 0.230 e. The fraction of sp³-hybridized carbons (Fsp3) is 0.375. The van der Waals surface area contributed by atoms with Gasteiger partial charge in [-0.15, -0.1) is 0 Å². The second kappa shape index (κ2) is 6.89. The minimum Gasteiger partial charge on any atom is -0.398 e. The Hall–Kier alpha value is -1.92. The molecule has 0 saturated carbocycles. The van der Waals surface area contributed by atoms with E-state index in [-0.39, 0.29) is 5.78 Å². The van der Waals surface area contributed by atoms with Crippen LogP contribution in [0.1, 0.15) is 21.9 Å². The zero-order valence-electron chi connectivity index (χ0n) is 13.3. The number of para-hydroxylation sites is 1. The lowest BCUT2D eigenvalue weighted by Gasteiger charge is -2.14. The van der Waals surface area contributed by atoms with Crippen LogP contribution in [0.15, 0.2) is 30.5 Å². The highest BCUT2D eigenvalue weighted by molar-refractivity contribution is 6.76. The molecule has 0 fully saturated rings. The van der Waals surface area contributed by atoms with Crippen molar-refractivity contribution in [2.45, 2.75) is 32.3 Å². The lowest BCUT2D eigenvalue weighted by atomic mass is 10.1. The third kappa shape index (κ3) is 4.54. The Bertz CT molecular complexity index is 647. The van der Waals surface area contributed by atoms with E-state index in [2.05, 4.69) is 29.6 Å². The number of nitrogens with two attached hydrogens (primary N) is 1. The first kappa shape index (κ1) is 16.4. The molecule has 0 amide bonds. The molecule has 0 spiro atoms. The van der Waals surface area contributed by atoms with Crippen molar-refractivity contribution in [1.82, 2.24) is 9.97 Å². The first-order valence-corrected chi connectivity index (χ1v) is 11.1. The van der Waals surface area contributed by atoms with Gasteiger partial charge >= 0.3 is 0 Å². The molecule has 22 heavy (non-hydrogen) atoms. The van der Waals surface area contributed by atoms with Crippen LogP contribution in [0.5, 0.6) is 0 Å². The number of aromatic amines is 1. The molecule has 0 bridgehead atoms. The number of hydrogen-bond acceptors (Lipinski definition) is 4. The molecule has 3 N–H and O–H groups in total. The number of rotatable bonds is 7. The van der Waals surface area contributed by atoms with Crippen LogP contribution in [0.3, 0.4) is 0 Å². The van der Waals surface area contributed by atoms with Gasteiger partial charge < -0.3 is 15.5 Å². The Morgan fingerprint density at radius 1 is 1.32 bits per heavy atom. The Labute approximate surface area is 131 Å². The van der Waals surface area contributed by atoms with Crippen molar-refractivity contribution in [3.63, 3.8) is 0 Å². The fourth-order valence-electron chi connectivity index (χ4n) is 1.94. The molecule has 5 nitrogen and oxygen atoms in total. The van der Waals surface area contributed by atoms with Gasteiger partial charge in [0.05, 0.1) is 18.5 Å². The summed E-state index contributed by atoms with van der Waals surface area (Å²) < 4.78 is 5.65. The molecule has 0 unspecified atom stereocenters. The Balaban J connectivity index is 1.94. The maximum absolute atomic E-state index is 12.3. The maximum atomic E-state index is 12.3. The topological polar surface area (TPSA) is 81.0 Å². The summed E-state index contributed by atoms with van der Waals surface area (Å²) >= 11 is 0. The molecule has 1 aromatic heterocycles. The quantitative estimate of drug-likeness (QED) is 0.356. The van der Waals surface area contributed by atoms with Crippen LogP contribution in [0.4, 0.5) is 5.69 Å². The second-order valence-electron chi connectivity index (χ2n) is 6.54. The van der Waals surface area contributed by atoms with Gasteiger partial charge in [0.2, 0.25) is 5.78 Å². The number of benzene rings is 1. The largest absolute Gasteiger partial charge is 0.398 e. The number of H-pyrrole nitrogens is 1. The van der Waals surface area contributed by atoms with Crippen molar-refractivity contribution in [2.75, 3.05) is 12.3 Å². The molecule has 0 radical (unpaired) electrons. The third-order valence-electron chi connectivity index (χ3n) is 3.30. The number of ether oxygens (including phenoxy) is 1. The van der Waals surface area contributed by atoms with E-state index in [1.54, 1.807) is 30.5 Å². The van der Waals surface area contributed by atoms with Gasteiger partial charge in [0.15, 0.2) is 5.82 Å². The predicted octanol–water partition coefficient (Wildman–Crippen LogP) is 3.08. The molecular weight excluding hydrogens is 294 g/mol. The molecule has 0 saturated heterocycles. The number of nitrogens with one attached hydrogen (secondary N) is 1. The van der Waals surface area contributed by atoms with Crippen molar-refractivity contribution in [2.24, 2.45) is 0 Å². The first-order valence-electron chi connectivity index (χ1n) is 7.38. The molecular formula is C16H23N3O2Si. The van der Waals surface area contributed by atoms with Crippen molar-refractivity contribution in [1.29, 1.82) is 0 Å². The van der Waals surface area contributed by atoms with E-state index < -0.39 is 8.07 Å². The second-order valence-corrected chi connectivity index (χ2v) is 12.2. The molecule has 2 aromatic rings. The van der Waals surface area contributed by atoms with Gasteiger partial charge in [-0.1, -0.05) is 31.8 Å². The van der Waals surface area contributed by atoms with E-state index in [9.17, 15) is 4.79 Å². The van der Waals surface area contributed by atoms with Crippen LogP contribution in [0, 0.1) is 0 Å². The molecule has 0 aliphatic heterocycles. The van der Waals surface area contributed by atoms with Gasteiger partial charge in [-0.2, -0.15) is 0 Å². The minimum atomic E-state index is -1.08. The monoisotopic (exact) mass is 317 g/mol. The molecule has 0 aliphatic rings. The number of carbonyl (C=O) groups excluding carboxylic acids is 1. The summed E-state index contributed by atoms with van der Waals surface area (Å²) in [5, 5.41) is 0. The SMILES string of the molecule is C[Si](C)(C)CCOCc1cnc(C(=O)c2ccccc2N)[nH]1. The zero-order valence-corrected chi connectivity index (χ0v) is 14.3. The molecule has 2 rings (SSSR count). The highest BCUT2D eigenvalue weighted by Gasteiger charge is 2.16. The summed E-state index contributed by atoms with van der Waals surface area (Å²) in [6.45, 7) is 8.12. The van der Waals surface area contributed by atoms with Crippen molar-refractivity contribution < 1.29 is 9.53 Å². The van der Waals surface area contributed by atoms with E-state index in [1.165, 1.54) is 0 Å². The van der Waals surface area contributed by atoms with Gasteiger partial charge in [-0.05, 0) is 18.2 Å². The van der Waals surface area contributed by atoms with E-state index >= 15 is 0 Å². The minimum absolute atomic E-state index is 0.202. The lowest BCUT2D eigenvalue weighted by molar-refractivity contribution is 0.103. The number of hydrogen-bond donors (Lipinski definition) is 2. The van der Waals surface area contributed by atoms with Crippen LogP contribution in [0.25, 0.3) is 0 Å². The number of nitrogens with zero attached hydrogens (tertiary/aromatic N) is 1. The summed E-state index contributed by atoms with van der Waals surface area (Å²) in [6, 6.07) is 8.10. The fourth-order valence-corrected chi connectivity index (χ4v) is 2.70. The molecule has 1 aromatic carbocycles. The van der Waals surface area contributed by atoms with E-state index in [1.807, 2.05) is 0 Å². The Kier molecular flexibility index (Phi) is 5.15. The van der Waals surface area contributed by atoms with Crippen molar-refractivity contribution in [3.05, 3.63) is 47.5 Å². The predicted molar refractivity (Wildman–Crippen MR) is 90.7 cm³/mol. The van der Waals surface area contributed by atoms with Gasteiger partial charge in [-0.3, -0.25) is 4.79 Å². The molecule has 1 heterocycles. The summed E-state index contributed by atoms with van der Waals surface area (Å²) in [5.41, 5.74) is 7.54. The first-order chi connectivity index (χ1) is 10.4.